The molecule has 1 aliphatic rings. The number of Topliss-reactive ketones (excluding diaryl/α,β-unsaturated/α-hetero) is 1. The lowest BCUT2D eigenvalue weighted by Gasteiger charge is -2.34. The average Bonchev–Trinajstić information content (AvgIpc) is 3.04. The van der Waals surface area contributed by atoms with Gasteiger partial charge in [0.2, 0.25) is 11.8 Å². The van der Waals surface area contributed by atoms with Crippen molar-refractivity contribution in [2.24, 2.45) is 23.3 Å². The van der Waals surface area contributed by atoms with E-state index in [-0.39, 0.29) is 60.4 Å². The fourth-order valence-electron chi connectivity index (χ4n) is 5.46. The number of sulfone groups is 1. The summed E-state index contributed by atoms with van der Waals surface area (Å²) in [6, 6.07) is 12.8. The third-order valence-corrected chi connectivity index (χ3v) is 9.87. The molecule has 0 aromatic heterocycles. The molecular formula is C33H47N5O7S. The van der Waals surface area contributed by atoms with E-state index >= 15 is 0 Å². The summed E-state index contributed by atoms with van der Waals surface area (Å²) in [7, 11) is -2.41. The second-order valence-electron chi connectivity index (χ2n) is 11.6. The van der Waals surface area contributed by atoms with Gasteiger partial charge in [-0.15, -0.1) is 0 Å². The summed E-state index contributed by atoms with van der Waals surface area (Å²) >= 11 is 0. The first-order valence-electron chi connectivity index (χ1n) is 15.7. The van der Waals surface area contributed by atoms with Crippen molar-refractivity contribution in [1.82, 2.24) is 4.90 Å². The van der Waals surface area contributed by atoms with Gasteiger partial charge in [0.25, 0.3) is 0 Å². The summed E-state index contributed by atoms with van der Waals surface area (Å²) in [5.74, 6) is -1.75. The average molecular weight is 658 g/mol. The minimum absolute atomic E-state index is 0.0217. The van der Waals surface area contributed by atoms with Crippen LogP contribution < -0.4 is 16.8 Å². The Hall–Kier alpha value is -3.65. The van der Waals surface area contributed by atoms with Crippen LogP contribution in [-0.4, -0.2) is 89.1 Å². The van der Waals surface area contributed by atoms with Gasteiger partial charge in [-0.1, -0.05) is 24.3 Å². The second kappa shape index (κ2) is 18.5. The van der Waals surface area contributed by atoms with Crippen LogP contribution in [0.1, 0.15) is 49.7 Å². The Morgan fingerprint density at radius 3 is 2.46 bits per heavy atom. The van der Waals surface area contributed by atoms with Crippen LogP contribution in [-0.2, 0) is 40.1 Å². The van der Waals surface area contributed by atoms with Crippen LogP contribution in [0, 0.1) is 17.2 Å². The van der Waals surface area contributed by atoms with E-state index in [1.165, 1.54) is 18.2 Å². The molecule has 0 spiro atoms. The molecule has 2 aromatic carbocycles. The Balaban J connectivity index is 1.69. The Kier molecular flexibility index (Phi) is 14.8. The molecule has 0 bridgehead atoms. The van der Waals surface area contributed by atoms with E-state index in [0.717, 1.165) is 19.3 Å². The Morgan fingerprint density at radius 1 is 1.02 bits per heavy atom. The molecule has 1 aliphatic heterocycles. The van der Waals surface area contributed by atoms with E-state index in [9.17, 15) is 22.8 Å². The number of amidine groups is 1. The normalized spacial score (nSPS) is 14.5. The predicted octanol–water partition coefficient (Wildman–Crippen LogP) is 2.53. The number of piperidine rings is 1. The molecule has 0 aliphatic carbocycles. The number of hydrogen-bond acceptors (Lipinski definition) is 9. The molecule has 1 fully saturated rings. The lowest BCUT2D eigenvalue weighted by molar-refractivity contribution is -0.136. The summed E-state index contributed by atoms with van der Waals surface area (Å²) in [5, 5.41) is 10.4. The van der Waals surface area contributed by atoms with Gasteiger partial charge in [0.05, 0.1) is 36.4 Å². The summed E-state index contributed by atoms with van der Waals surface area (Å²) in [6.07, 6.45) is 2.86. The van der Waals surface area contributed by atoms with Crippen molar-refractivity contribution in [2.45, 2.75) is 49.8 Å². The molecule has 3 rings (SSSR count). The molecule has 0 unspecified atom stereocenters. The molecule has 1 saturated heterocycles. The van der Waals surface area contributed by atoms with Crippen LogP contribution in [0.4, 0.5) is 5.69 Å². The van der Waals surface area contributed by atoms with Gasteiger partial charge in [-0.2, -0.15) is 0 Å². The first kappa shape index (κ1) is 36.8. The lowest BCUT2D eigenvalue weighted by Crippen LogP contribution is -2.44. The molecule has 1 atom stereocenters. The van der Waals surface area contributed by atoms with Crippen LogP contribution in [0.25, 0.3) is 0 Å². The fraction of sp³-hybridized carbons (Fsp3) is 0.515. The number of nitrogen functional groups attached to an aromatic ring is 1. The second-order valence-corrected chi connectivity index (χ2v) is 13.6. The highest BCUT2D eigenvalue weighted by molar-refractivity contribution is 7.91. The number of methoxy groups -OCH3 is 1. The maximum atomic E-state index is 13.8. The summed E-state index contributed by atoms with van der Waals surface area (Å²) in [6.45, 7) is 2.75. The number of carbonyl (C=O) groups is 3. The van der Waals surface area contributed by atoms with Crippen molar-refractivity contribution < 1.29 is 32.3 Å². The van der Waals surface area contributed by atoms with Crippen LogP contribution >= 0.6 is 0 Å². The number of ether oxygens (including phenoxy) is 2. The van der Waals surface area contributed by atoms with Gasteiger partial charge in [0.1, 0.15) is 11.6 Å². The number of hydrogen-bond donors (Lipinski definition) is 4. The molecular weight excluding hydrogens is 610 g/mol. The standard InChI is InChI=1S/C33H47N5O7S/c1-44-18-19-45-17-13-29(39)8-9-31(40)37-28-6-3-7-30(22-28)46(42,43)23-27(21-25-4-2-5-26(20-25)32(35)36)33(41)38-15-11-24(10-14-34)12-16-38/h2-7,20,22,24,27H,8-19,21,23,34H2,1H3,(H3,35,36)(H,37,40)/t27-/m1/s1. The number of likely N-dealkylation sites (tertiary alicyclic amines) is 1. The number of nitrogens with two attached hydrogens (primary N) is 2. The SMILES string of the molecule is COCCOCCC(=O)CCC(=O)Nc1cccc(S(=O)(=O)C[C@@H](Cc2cccc(C(=N)N)c2)C(=O)N2CCC(CCN)CC2)c1. The molecule has 46 heavy (non-hydrogen) atoms. The van der Waals surface area contributed by atoms with Gasteiger partial charge in [-0.3, -0.25) is 19.8 Å². The molecule has 1 heterocycles. The van der Waals surface area contributed by atoms with E-state index < -0.39 is 27.4 Å². The summed E-state index contributed by atoms with van der Waals surface area (Å²) < 4.78 is 37.6. The maximum absolute atomic E-state index is 13.8. The van der Waals surface area contributed by atoms with Gasteiger partial charge < -0.3 is 31.2 Å². The molecule has 0 saturated carbocycles. The highest BCUT2D eigenvalue weighted by Crippen LogP contribution is 2.26. The number of carbonyl (C=O) groups excluding carboxylic acids is 3. The lowest BCUT2D eigenvalue weighted by atomic mass is 9.92. The van der Waals surface area contributed by atoms with Gasteiger partial charge in [-0.25, -0.2) is 8.42 Å². The number of rotatable bonds is 19. The van der Waals surface area contributed by atoms with E-state index in [1.807, 2.05) is 0 Å². The van der Waals surface area contributed by atoms with Crippen LogP contribution in [0.3, 0.4) is 0 Å². The van der Waals surface area contributed by atoms with Gasteiger partial charge in [0.15, 0.2) is 9.84 Å². The molecule has 252 valence electrons. The van der Waals surface area contributed by atoms with E-state index in [4.69, 9.17) is 26.4 Å². The van der Waals surface area contributed by atoms with Crippen LogP contribution in [0.5, 0.6) is 0 Å². The predicted molar refractivity (Wildman–Crippen MR) is 176 cm³/mol. The maximum Gasteiger partial charge on any atom is 0.227 e. The largest absolute Gasteiger partial charge is 0.384 e. The number of nitrogens with one attached hydrogen (secondary N) is 2. The van der Waals surface area contributed by atoms with E-state index in [2.05, 4.69) is 5.32 Å². The van der Waals surface area contributed by atoms with Crippen LogP contribution in [0.2, 0.25) is 0 Å². The molecule has 2 aromatic rings. The Morgan fingerprint density at radius 2 is 1.76 bits per heavy atom. The summed E-state index contributed by atoms with van der Waals surface area (Å²) in [5.41, 5.74) is 12.9. The van der Waals surface area contributed by atoms with Crippen molar-refractivity contribution in [3.63, 3.8) is 0 Å². The molecule has 2 amide bonds. The number of anilines is 1. The number of amides is 2. The monoisotopic (exact) mass is 657 g/mol. The van der Waals surface area contributed by atoms with Gasteiger partial charge in [-0.05, 0) is 68.0 Å². The Labute approximate surface area is 271 Å². The van der Waals surface area contributed by atoms with Crippen molar-refractivity contribution in [3.8, 4) is 0 Å². The summed E-state index contributed by atoms with van der Waals surface area (Å²) in [4.78, 5) is 40.2. The number of benzene rings is 2. The number of ketones is 1. The first-order chi connectivity index (χ1) is 22.0. The smallest absolute Gasteiger partial charge is 0.227 e. The molecule has 13 heteroatoms. The molecule has 0 radical (unpaired) electrons. The zero-order valence-electron chi connectivity index (χ0n) is 26.5. The van der Waals surface area contributed by atoms with Crippen molar-refractivity contribution in [2.75, 3.05) is 57.6 Å². The van der Waals surface area contributed by atoms with Crippen molar-refractivity contribution >= 4 is 39.0 Å². The number of nitrogens with zero attached hydrogens (tertiary/aromatic N) is 1. The minimum Gasteiger partial charge on any atom is -0.384 e. The Bertz CT molecular complexity index is 1440. The highest BCUT2D eigenvalue weighted by atomic mass is 32.2. The highest BCUT2D eigenvalue weighted by Gasteiger charge is 2.32. The van der Waals surface area contributed by atoms with Crippen LogP contribution in [0.15, 0.2) is 53.4 Å². The third kappa shape index (κ3) is 11.9. The van der Waals surface area contributed by atoms with Gasteiger partial charge >= 0.3 is 0 Å². The zero-order valence-corrected chi connectivity index (χ0v) is 27.4. The topological polar surface area (TPSA) is 195 Å². The first-order valence-corrected chi connectivity index (χ1v) is 17.3. The molecule has 12 nitrogen and oxygen atoms in total. The quantitative estimate of drug-likeness (QED) is 0.0997. The molecule has 6 N–H and O–H groups in total. The minimum atomic E-state index is -3.97. The van der Waals surface area contributed by atoms with E-state index in [1.54, 1.807) is 42.3 Å². The zero-order chi connectivity index (χ0) is 33.5. The van der Waals surface area contributed by atoms with Gasteiger partial charge in [0, 0.05) is 50.7 Å². The van der Waals surface area contributed by atoms with E-state index in [0.29, 0.717) is 49.9 Å². The third-order valence-electron chi connectivity index (χ3n) is 8.06. The fourth-order valence-corrected chi connectivity index (χ4v) is 7.04. The van der Waals surface area contributed by atoms with Crippen molar-refractivity contribution in [1.29, 1.82) is 5.41 Å². The van der Waals surface area contributed by atoms with Crippen molar-refractivity contribution in [3.05, 3.63) is 59.7 Å².